The molecule has 3 heterocycles. The van der Waals surface area contributed by atoms with Gasteiger partial charge in [0.05, 0.1) is 17.6 Å². The number of nitrogens with zero attached hydrogens (tertiary/aromatic N) is 4. The molecule has 0 unspecified atom stereocenters. The number of sulfonamides is 1. The fraction of sp³-hybridized carbons (Fsp3) is 0.483. The molecule has 1 aliphatic heterocycles. The molecule has 5 rings (SSSR count). The summed E-state index contributed by atoms with van der Waals surface area (Å²) >= 11 is 0. The van der Waals surface area contributed by atoms with Crippen molar-refractivity contribution in [2.24, 2.45) is 11.3 Å². The summed E-state index contributed by atoms with van der Waals surface area (Å²) in [5.41, 5.74) is -1.78. The quantitative estimate of drug-likeness (QED) is 0.353. The summed E-state index contributed by atoms with van der Waals surface area (Å²) in [6, 6.07) is 8.83. The van der Waals surface area contributed by atoms with E-state index in [1.165, 1.54) is 48.3 Å². The van der Waals surface area contributed by atoms with Crippen LogP contribution >= 0.6 is 0 Å². The van der Waals surface area contributed by atoms with Gasteiger partial charge in [-0.25, -0.2) is 22.8 Å². The van der Waals surface area contributed by atoms with E-state index >= 15 is 0 Å². The molecule has 10 nitrogen and oxygen atoms in total. The summed E-state index contributed by atoms with van der Waals surface area (Å²) in [4.78, 5) is 20.1. The third-order valence-electron chi connectivity index (χ3n) is 8.08. The van der Waals surface area contributed by atoms with E-state index in [4.69, 9.17) is 14.5 Å². The Morgan fingerprint density at radius 2 is 1.88 bits per heavy atom. The Morgan fingerprint density at radius 3 is 2.47 bits per heavy atom. The fourth-order valence-electron chi connectivity index (χ4n) is 5.58. The Bertz CT molecular complexity index is 1650. The Kier molecular flexibility index (Phi) is 7.64. The Hall–Kier alpha value is -3.81. The molecule has 1 saturated heterocycles. The van der Waals surface area contributed by atoms with Gasteiger partial charge >= 0.3 is 6.18 Å². The first-order valence-corrected chi connectivity index (χ1v) is 15.3. The van der Waals surface area contributed by atoms with Gasteiger partial charge < -0.3 is 14.4 Å². The molecular weight excluding hydrogens is 587 g/mol. The second-order valence-electron chi connectivity index (χ2n) is 12.0. The van der Waals surface area contributed by atoms with E-state index in [1.54, 1.807) is 13.0 Å². The van der Waals surface area contributed by atoms with Crippen LogP contribution in [0.2, 0.25) is 0 Å². The van der Waals surface area contributed by atoms with Crippen LogP contribution < -0.4 is 19.1 Å². The van der Waals surface area contributed by atoms with Gasteiger partial charge in [0.2, 0.25) is 5.88 Å². The maximum absolute atomic E-state index is 13.5. The highest BCUT2D eigenvalue weighted by Gasteiger charge is 2.64. The third kappa shape index (κ3) is 6.01. The van der Waals surface area contributed by atoms with Crippen molar-refractivity contribution in [3.63, 3.8) is 0 Å². The highest BCUT2D eigenvalue weighted by atomic mass is 32.2. The van der Waals surface area contributed by atoms with Crippen LogP contribution in [0.5, 0.6) is 11.6 Å². The van der Waals surface area contributed by atoms with Gasteiger partial charge in [0.1, 0.15) is 23.6 Å². The average molecular weight is 622 g/mol. The molecule has 43 heavy (non-hydrogen) atoms. The number of hydrogen-bond donors (Lipinski definition) is 1. The number of nitrogens with one attached hydrogen (secondary N) is 1. The van der Waals surface area contributed by atoms with Crippen molar-refractivity contribution in [2.45, 2.75) is 63.6 Å². The molecule has 1 N–H and O–H groups in total. The first-order chi connectivity index (χ1) is 20.0. The predicted octanol–water partition coefficient (Wildman–Crippen LogP) is 5.05. The minimum Gasteiger partial charge on any atom is -0.497 e. The second-order valence-corrected chi connectivity index (χ2v) is 13.7. The van der Waals surface area contributed by atoms with Crippen LogP contribution in [0, 0.1) is 18.3 Å². The van der Waals surface area contributed by atoms with Gasteiger partial charge in [-0.2, -0.15) is 13.2 Å². The van der Waals surface area contributed by atoms with Gasteiger partial charge in [0.25, 0.3) is 15.9 Å². The normalized spacial score (nSPS) is 19.3. The topological polar surface area (TPSA) is 116 Å². The number of methoxy groups -OCH3 is 1. The monoisotopic (exact) mass is 621 g/mol. The van der Waals surface area contributed by atoms with Crippen LogP contribution in [0.25, 0.3) is 5.82 Å². The number of alkyl halides is 3. The molecule has 1 saturated carbocycles. The number of rotatable bonds is 9. The van der Waals surface area contributed by atoms with E-state index in [0.717, 1.165) is 6.42 Å². The van der Waals surface area contributed by atoms with Crippen LogP contribution in [-0.2, 0) is 10.0 Å². The Labute approximate surface area is 248 Å². The van der Waals surface area contributed by atoms with Crippen LogP contribution in [0.4, 0.5) is 19.0 Å². The molecule has 2 aliphatic rings. The van der Waals surface area contributed by atoms with Crippen LogP contribution in [-0.4, -0.2) is 61.1 Å². The molecule has 1 atom stereocenters. The third-order valence-corrected chi connectivity index (χ3v) is 9.57. The molecule has 2 fully saturated rings. The molecule has 14 heteroatoms. The number of benzene rings is 1. The lowest BCUT2D eigenvalue weighted by Crippen LogP contribution is -2.41. The van der Waals surface area contributed by atoms with Gasteiger partial charge in [0.15, 0.2) is 5.82 Å². The van der Waals surface area contributed by atoms with Gasteiger partial charge in [-0.3, -0.25) is 4.79 Å². The number of aromatic nitrogens is 3. The van der Waals surface area contributed by atoms with Crippen molar-refractivity contribution in [1.82, 2.24) is 19.5 Å². The highest BCUT2D eigenvalue weighted by molar-refractivity contribution is 7.90. The lowest BCUT2D eigenvalue weighted by Gasteiger charge is -2.34. The van der Waals surface area contributed by atoms with Crippen molar-refractivity contribution >= 4 is 21.7 Å². The van der Waals surface area contributed by atoms with E-state index in [2.05, 4.69) is 16.7 Å². The molecule has 232 valence electrons. The lowest BCUT2D eigenvalue weighted by molar-refractivity contribution is -0.194. The maximum atomic E-state index is 13.5. The predicted molar refractivity (Wildman–Crippen MR) is 152 cm³/mol. The largest absolute Gasteiger partial charge is 0.497 e. The first kappa shape index (κ1) is 30.6. The van der Waals surface area contributed by atoms with E-state index in [0.29, 0.717) is 17.9 Å². The van der Waals surface area contributed by atoms with Gasteiger partial charge in [-0.1, -0.05) is 6.92 Å². The first-order valence-electron chi connectivity index (χ1n) is 13.8. The van der Waals surface area contributed by atoms with Crippen molar-refractivity contribution in [3.05, 3.63) is 53.7 Å². The van der Waals surface area contributed by atoms with Crippen LogP contribution in [0.15, 0.2) is 47.5 Å². The number of carbonyl (C=O) groups is 1. The minimum atomic E-state index is -4.35. The summed E-state index contributed by atoms with van der Waals surface area (Å²) in [6.45, 7) is 7.75. The molecule has 0 spiro atoms. The van der Waals surface area contributed by atoms with Crippen LogP contribution in [0.1, 0.15) is 56.0 Å². The zero-order chi connectivity index (χ0) is 31.4. The number of amides is 1. The molecular formula is C29H34F3N5O5S. The molecule has 1 aliphatic carbocycles. The zero-order valence-corrected chi connectivity index (χ0v) is 25.3. The lowest BCUT2D eigenvalue weighted by atomic mass is 9.97. The minimum absolute atomic E-state index is 0.0109. The second kappa shape index (κ2) is 10.7. The summed E-state index contributed by atoms with van der Waals surface area (Å²) in [5.74, 6) is 0.452. The number of aryl methyl sites for hydroxylation is 1. The van der Waals surface area contributed by atoms with Crippen molar-refractivity contribution < 1.29 is 35.9 Å². The summed E-state index contributed by atoms with van der Waals surface area (Å²) in [5, 5.41) is 4.25. The number of ether oxygens (including phenoxy) is 2. The average Bonchev–Trinajstić information content (AvgIpc) is 3.49. The van der Waals surface area contributed by atoms with Crippen LogP contribution in [0.3, 0.4) is 0 Å². The van der Waals surface area contributed by atoms with E-state index in [1.807, 2.05) is 18.7 Å². The maximum Gasteiger partial charge on any atom is 0.397 e. The number of hydrogen-bond acceptors (Lipinski definition) is 8. The molecule has 3 aromatic rings. The molecule has 2 aromatic heterocycles. The van der Waals surface area contributed by atoms with Gasteiger partial charge in [-0.05, 0) is 81.8 Å². The number of pyridine rings is 1. The van der Waals surface area contributed by atoms with Crippen molar-refractivity contribution in [3.8, 4) is 17.4 Å². The van der Waals surface area contributed by atoms with Crippen molar-refractivity contribution in [2.75, 3.05) is 25.2 Å². The Balaban J connectivity index is 1.45. The highest BCUT2D eigenvalue weighted by Crippen LogP contribution is 2.57. The summed E-state index contributed by atoms with van der Waals surface area (Å²) in [7, 11) is -2.77. The zero-order valence-electron chi connectivity index (χ0n) is 24.5. The molecule has 1 aromatic carbocycles. The number of carbonyl (C=O) groups excluding carboxylic acids is 1. The molecule has 0 bridgehead atoms. The van der Waals surface area contributed by atoms with E-state index in [9.17, 15) is 26.4 Å². The standard InChI is InChI=1S/C29H34F3N5O5S/c1-18-15-27(3,4)36(16-18)25-21(26(38)35-43(39,40)22-8-6-20(41-5)14-19(22)2)7-9-23(33-25)37-13-10-24(34-37)42-17-28(11-12-28)29(30,31)32/h6-10,13-14,18H,11-12,15-17H2,1-5H3,(H,35,38)/t18-/m0/s1. The smallest absolute Gasteiger partial charge is 0.397 e. The molecule has 1 amide bonds. The summed E-state index contributed by atoms with van der Waals surface area (Å²) in [6.07, 6.45) is -2.00. The SMILES string of the molecule is COc1ccc(S(=O)(=O)NC(=O)c2ccc(-n3ccc(OCC4(C(F)(F)F)CC4)n3)nc2N2C[C@@H](C)CC2(C)C)c(C)c1. The summed E-state index contributed by atoms with van der Waals surface area (Å²) < 4.78 is 80.5. The van der Waals surface area contributed by atoms with Gasteiger partial charge in [0, 0.05) is 24.3 Å². The Morgan fingerprint density at radius 1 is 1.16 bits per heavy atom. The molecule has 0 radical (unpaired) electrons. The number of anilines is 1. The van der Waals surface area contributed by atoms with Crippen molar-refractivity contribution in [1.29, 1.82) is 0 Å². The fourth-order valence-corrected chi connectivity index (χ4v) is 6.77. The van der Waals surface area contributed by atoms with Gasteiger partial charge in [-0.15, -0.1) is 5.10 Å². The van der Waals surface area contributed by atoms with E-state index in [-0.39, 0.29) is 46.7 Å². The van der Waals surface area contributed by atoms with E-state index < -0.39 is 39.7 Å². The number of halogens is 3.